The molecule has 1 aromatic carbocycles. The molecule has 0 aliphatic rings. The summed E-state index contributed by atoms with van der Waals surface area (Å²) >= 11 is 0. The van der Waals surface area contributed by atoms with Gasteiger partial charge in [0.05, 0.1) is 18.8 Å². The highest BCUT2D eigenvalue weighted by Gasteiger charge is 2.12. The molecule has 0 radical (unpaired) electrons. The van der Waals surface area contributed by atoms with E-state index in [1.807, 2.05) is 0 Å². The highest BCUT2D eigenvalue weighted by atomic mass is 19.1. The molecule has 0 bridgehead atoms. The molecule has 0 N–H and O–H groups in total. The van der Waals surface area contributed by atoms with Gasteiger partial charge in [-0.2, -0.15) is 0 Å². The molecule has 0 atom stereocenters. The number of hydrogen-bond donors (Lipinski definition) is 0. The molecular formula is C12H12FN3O2. The first-order valence-corrected chi connectivity index (χ1v) is 5.35. The van der Waals surface area contributed by atoms with Gasteiger partial charge in [-0.1, -0.05) is 17.3 Å². The van der Waals surface area contributed by atoms with Gasteiger partial charge in [0, 0.05) is 7.11 Å². The first kappa shape index (κ1) is 12.4. The fourth-order valence-corrected chi connectivity index (χ4v) is 1.66. The van der Waals surface area contributed by atoms with Gasteiger partial charge in [0.1, 0.15) is 5.82 Å². The molecule has 0 unspecified atom stereocenters. The third-order valence-electron chi connectivity index (χ3n) is 2.48. The number of ether oxygens (including phenoxy) is 1. The quantitative estimate of drug-likeness (QED) is 0.752. The van der Waals surface area contributed by atoms with E-state index in [-0.39, 0.29) is 18.1 Å². The van der Waals surface area contributed by atoms with Gasteiger partial charge in [-0.05, 0) is 17.7 Å². The van der Waals surface area contributed by atoms with Crippen LogP contribution >= 0.6 is 0 Å². The Morgan fingerprint density at radius 2 is 2.33 bits per heavy atom. The van der Waals surface area contributed by atoms with Gasteiger partial charge in [-0.3, -0.25) is 4.79 Å². The number of hydrogen-bond acceptors (Lipinski definition) is 4. The molecule has 0 saturated carbocycles. The highest BCUT2D eigenvalue weighted by molar-refractivity contribution is 5.73. The second-order valence-electron chi connectivity index (χ2n) is 3.76. The molecule has 94 valence electrons. The summed E-state index contributed by atoms with van der Waals surface area (Å²) in [6.07, 6.45) is 0.628. The number of rotatable bonds is 5. The van der Waals surface area contributed by atoms with Crippen LogP contribution in [0.1, 0.15) is 21.7 Å². The van der Waals surface area contributed by atoms with Crippen molar-refractivity contribution >= 4 is 6.29 Å². The zero-order chi connectivity index (χ0) is 13.0. The van der Waals surface area contributed by atoms with Gasteiger partial charge in [0.2, 0.25) is 0 Å². The van der Waals surface area contributed by atoms with E-state index in [0.29, 0.717) is 18.5 Å². The fourth-order valence-electron chi connectivity index (χ4n) is 1.66. The molecule has 0 spiro atoms. The maximum atomic E-state index is 13.1. The lowest BCUT2D eigenvalue weighted by Gasteiger charge is -2.06. The minimum absolute atomic E-state index is 0.233. The zero-order valence-corrected chi connectivity index (χ0v) is 9.84. The Balaban J connectivity index is 2.28. The molecule has 2 aromatic rings. The summed E-state index contributed by atoms with van der Waals surface area (Å²) in [6.45, 7) is 0.577. The Morgan fingerprint density at radius 3 is 3.00 bits per heavy atom. The van der Waals surface area contributed by atoms with Crippen molar-refractivity contribution in [3.05, 3.63) is 47.0 Å². The summed E-state index contributed by atoms with van der Waals surface area (Å²) in [5, 5.41) is 7.61. The van der Waals surface area contributed by atoms with Gasteiger partial charge in [0.25, 0.3) is 0 Å². The number of halogens is 1. The Labute approximate surface area is 103 Å². The second kappa shape index (κ2) is 5.50. The summed E-state index contributed by atoms with van der Waals surface area (Å²) in [6, 6.07) is 6.19. The van der Waals surface area contributed by atoms with Crippen LogP contribution in [0.4, 0.5) is 4.39 Å². The van der Waals surface area contributed by atoms with Crippen molar-refractivity contribution in [2.75, 3.05) is 7.11 Å². The molecule has 0 saturated heterocycles. The third-order valence-corrected chi connectivity index (χ3v) is 2.48. The smallest absolute Gasteiger partial charge is 0.172 e. The molecule has 0 aliphatic heterocycles. The zero-order valence-electron chi connectivity index (χ0n) is 9.84. The lowest BCUT2D eigenvalue weighted by atomic mass is 10.2. The van der Waals surface area contributed by atoms with E-state index in [0.717, 1.165) is 5.56 Å². The second-order valence-corrected chi connectivity index (χ2v) is 3.76. The normalized spacial score (nSPS) is 10.6. The summed E-state index contributed by atoms with van der Waals surface area (Å²) < 4.78 is 19.6. The van der Waals surface area contributed by atoms with Crippen LogP contribution in [-0.4, -0.2) is 28.4 Å². The summed E-state index contributed by atoms with van der Waals surface area (Å²) in [4.78, 5) is 10.8. The van der Waals surface area contributed by atoms with Gasteiger partial charge < -0.3 is 4.74 Å². The van der Waals surface area contributed by atoms with Crippen LogP contribution in [0, 0.1) is 5.82 Å². The molecule has 5 nitrogen and oxygen atoms in total. The van der Waals surface area contributed by atoms with Gasteiger partial charge in [0.15, 0.2) is 12.0 Å². The van der Waals surface area contributed by atoms with Crippen molar-refractivity contribution in [2.45, 2.75) is 13.2 Å². The fraction of sp³-hybridized carbons (Fsp3) is 0.250. The van der Waals surface area contributed by atoms with Crippen LogP contribution in [0.5, 0.6) is 0 Å². The largest absolute Gasteiger partial charge is 0.378 e. The monoisotopic (exact) mass is 249 g/mol. The number of benzene rings is 1. The van der Waals surface area contributed by atoms with Crippen LogP contribution in [0.15, 0.2) is 24.3 Å². The van der Waals surface area contributed by atoms with Crippen LogP contribution in [0.25, 0.3) is 0 Å². The first-order chi connectivity index (χ1) is 8.74. The topological polar surface area (TPSA) is 57.0 Å². The Kier molecular flexibility index (Phi) is 3.78. The van der Waals surface area contributed by atoms with E-state index in [2.05, 4.69) is 10.3 Å². The van der Waals surface area contributed by atoms with Gasteiger partial charge >= 0.3 is 0 Å². The molecule has 18 heavy (non-hydrogen) atoms. The SMILES string of the molecule is COCc1c(C=O)nnn1Cc1cccc(F)c1. The number of nitrogens with zero attached hydrogens (tertiary/aromatic N) is 3. The number of aromatic nitrogens is 3. The Bertz CT molecular complexity index is 554. The molecule has 6 heteroatoms. The minimum Gasteiger partial charge on any atom is -0.378 e. The molecular weight excluding hydrogens is 237 g/mol. The molecule has 2 rings (SSSR count). The molecule has 1 aromatic heterocycles. The van der Waals surface area contributed by atoms with Crippen molar-refractivity contribution in [1.82, 2.24) is 15.0 Å². The lowest BCUT2D eigenvalue weighted by Crippen LogP contribution is -2.08. The molecule has 0 aliphatic carbocycles. The predicted octanol–water partition coefficient (Wildman–Crippen LogP) is 1.42. The van der Waals surface area contributed by atoms with E-state index in [1.54, 1.807) is 12.1 Å². The lowest BCUT2D eigenvalue weighted by molar-refractivity contribution is 0.111. The standard InChI is InChI=1S/C12H12FN3O2/c1-18-8-12-11(7-17)14-15-16(12)6-9-3-2-4-10(13)5-9/h2-5,7H,6,8H2,1H3. The summed E-state index contributed by atoms with van der Waals surface area (Å²) in [7, 11) is 1.52. The van der Waals surface area contributed by atoms with Crippen molar-refractivity contribution in [3.63, 3.8) is 0 Å². The van der Waals surface area contributed by atoms with E-state index in [1.165, 1.54) is 23.9 Å². The maximum absolute atomic E-state index is 13.1. The number of carbonyl (C=O) groups excluding carboxylic acids is 1. The molecule has 0 amide bonds. The molecule has 0 fully saturated rings. The van der Waals surface area contributed by atoms with E-state index in [4.69, 9.17) is 4.74 Å². The maximum Gasteiger partial charge on any atom is 0.172 e. The summed E-state index contributed by atoms with van der Waals surface area (Å²) in [5.41, 5.74) is 1.57. The predicted molar refractivity (Wildman–Crippen MR) is 61.6 cm³/mol. The van der Waals surface area contributed by atoms with Crippen LogP contribution in [-0.2, 0) is 17.9 Å². The van der Waals surface area contributed by atoms with Crippen molar-refractivity contribution < 1.29 is 13.9 Å². The van der Waals surface area contributed by atoms with Crippen molar-refractivity contribution in [2.24, 2.45) is 0 Å². The van der Waals surface area contributed by atoms with Gasteiger partial charge in [-0.25, -0.2) is 9.07 Å². The number of aldehydes is 1. The third kappa shape index (κ3) is 2.60. The van der Waals surface area contributed by atoms with Gasteiger partial charge in [-0.15, -0.1) is 5.10 Å². The van der Waals surface area contributed by atoms with Crippen LogP contribution in [0.2, 0.25) is 0 Å². The molecule has 1 heterocycles. The summed E-state index contributed by atoms with van der Waals surface area (Å²) in [5.74, 6) is -0.309. The van der Waals surface area contributed by atoms with Crippen LogP contribution < -0.4 is 0 Å². The van der Waals surface area contributed by atoms with E-state index < -0.39 is 0 Å². The van der Waals surface area contributed by atoms with E-state index >= 15 is 0 Å². The van der Waals surface area contributed by atoms with Crippen molar-refractivity contribution in [1.29, 1.82) is 0 Å². The average molecular weight is 249 g/mol. The van der Waals surface area contributed by atoms with Crippen LogP contribution in [0.3, 0.4) is 0 Å². The highest BCUT2D eigenvalue weighted by Crippen LogP contribution is 2.10. The average Bonchev–Trinajstić information content (AvgIpc) is 2.72. The Morgan fingerprint density at radius 1 is 1.50 bits per heavy atom. The number of methoxy groups -OCH3 is 1. The number of carbonyl (C=O) groups is 1. The van der Waals surface area contributed by atoms with E-state index in [9.17, 15) is 9.18 Å². The minimum atomic E-state index is -0.309. The Hall–Kier alpha value is -2.08. The first-order valence-electron chi connectivity index (χ1n) is 5.35. The van der Waals surface area contributed by atoms with Crippen molar-refractivity contribution in [3.8, 4) is 0 Å².